The number of carbonyl (C=O) groups excluding carboxylic acids is 1. The third kappa shape index (κ3) is 4.42. The highest BCUT2D eigenvalue weighted by Gasteiger charge is 2.07. The Morgan fingerprint density at radius 1 is 0.893 bits per heavy atom. The third-order valence-electron chi connectivity index (χ3n) is 4.16. The van der Waals surface area contributed by atoms with Crippen LogP contribution in [0.25, 0.3) is 21.0 Å². The molecule has 2 heterocycles. The molecule has 0 aliphatic rings. The van der Waals surface area contributed by atoms with Crippen LogP contribution in [0, 0.1) is 0 Å². The highest BCUT2D eigenvalue weighted by Crippen LogP contribution is 2.32. The number of aromatic nitrogens is 2. The number of thiazole rings is 1. The van der Waals surface area contributed by atoms with Crippen molar-refractivity contribution in [3.63, 3.8) is 0 Å². The number of benzene rings is 2. The minimum atomic E-state index is -0.245. The minimum absolute atomic E-state index is 0.245. The first-order valence-electron chi connectivity index (χ1n) is 8.83. The second-order valence-corrected chi connectivity index (χ2v) is 7.17. The van der Waals surface area contributed by atoms with Crippen molar-refractivity contribution in [1.29, 1.82) is 0 Å². The Bertz CT molecular complexity index is 1050. The molecule has 0 saturated carbocycles. The standard InChI is InChI=1S/C22H18N4OS/c27-22(25-14-16-10-12-23-13-11-16)26-19-8-6-18(7-9-19)21-24-15-20(28-21)17-4-2-1-3-5-17/h1-13,15H,14H2,(H2,25,26,27). The summed E-state index contributed by atoms with van der Waals surface area (Å²) >= 11 is 1.65. The van der Waals surface area contributed by atoms with Gasteiger partial charge >= 0.3 is 6.03 Å². The van der Waals surface area contributed by atoms with E-state index in [-0.39, 0.29) is 6.03 Å². The molecule has 0 aliphatic carbocycles. The van der Waals surface area contributed by atoms with Crippen LogP contribution in [0.2, 0.25) is 0 Å². The number of pyridine rings is 1. The van der Waals surface area contributed by atoms with Crippen molar-refractivity contribution < 1.29 is 4.79 Å². The van der Waals surface area contributed by atoms with E-state index in [1.807, 2.05) is 60.8 Å². The van der Waals surface area contributed by atoms with Crippen LogP contribution in [0.15, 0.2) is 85.3 Å². The summed E-state index contributed by atoms with van der Waals surface area (Å²) in [5, 5.41) is 6.62. The van der Waals surface area contributed by atoms with E-state index in [1.165, 1.54) is 0 Å². The van der Waals surface area contributed by atoms with Gasteiger partial charge in [-0.25, -0.2) is 9.78 Å². The number of rotatable bonds is 5. The van der Waals surface area contributed by atoms with Crippen molar-refractivity contribution in [2.24, 2.45) is 0 Å². The summed E-state index contributed by atoms with van der Waals surface area (Å²) in [5.74, 6) is 0. The van der Waals surface area contributed by atoms with Gasteiger partial charge in [0.1, 0.15) is 5.01 Å². The van der Waals surface area contributed by atoms with Crippen molar-refractivity contribution in [1.82, 2.24) is 15.3 Å². The second-order valence-electron chi connectivity index (χ2n) is 6.14. The normalized spacial score (nSPS) is 10.4. The van der Waals surface area contributed by atoms with Crippen molar-refractivity contribution in [3.05, 3.63) is 90.9 Å². The van der Waals surface area contributed by atoms with Crippen LogP contribution >= 0.6 is 11.3 Å². The maximum absolute atomic E-state index is 12.1. The average Bonchev–Trinajstić information content (AvgIpc) is 3.25. The molecule has 4 rings (SSSR count). The lowest BCUT2D eigenvalue weighted by Crippen LogP contribution is -2.28. The number of amides is 2. The zero-order valence-corrected chi connectivity index (χ0v) is 15.8. The molecule has 0 aliphatic heterocycles. The van der Waals surface area contributed by atoms with Crippen molar-refractivity contribution in [3.8, 4) is 21.0 Å². The molecule has 138 valence electrons. The topological polar surface area (TPSA) is 66.9 Å². The first kappa shape index (κ1) is 17.9. The molecule has 0 bridgehead atoms. The summed E-state index contributed by atoms with van der Waals surface area (Å²) < 4.78 is 0. The SMILES string of the molecule is O=C(NCc1ccncc1)Nc1ccc(-c2ncc(-c3ccccc3)s2)cc1. The summed E-state index contributed by atoms with van der Waals surface area (Å²) in [6.45, 7) is 0.452. The highest BCUT2D eigenvalue weighted by molar-refractivity contribution is 7.18. The second kappa shape index (κ2) is 8.45. The Labute approximate surface area is 167 Å². The van der Waals surface area contributed by atoms with Crippen LogP contribution in [0.1, 0.15) is 5.56 Å². The Morgan fingerprint density at radius 3 is 2.39 bits per heavy atom. The summed E-state index contributed by atoms with van der Waals surface area (Å²) in [6, 6.07) is 21.4. The van der Waals surface area contributed by atoms with Crippen molar-refractivity contribution >= 4 is 23.1 Å². The lowest BCUT2D eigenvalue weighted by atomic mass is 10.2. The fourth-order valence-corrected chi connectivity index (χ4v) is 3.62. The number of hydrogen-bond donors (Lipinski definition) is 2. The van der Waals surface area contributed by atoms with E-state index < -0.39 is 0 Å². The summed E-state index contributed by atoms with van der Waals surface area (Å²) in [6.07, 6.45) is 5.30. The van der Waals surface area contributed by atoms with E-state index >= 15 is 0 Å². The molecule has 28 heavy (non-hydrogen) atoms. The Balaban J connectivity index is 1.37. The Kier molecular flexibility index (Phi) is 5.40. The summed E-state index contributed by atoms with van der Waals surface area (Å²) in [4.78, 5) is 21.7. The lowest BCUT2D eigenvalue weighted by Gasteiger charge is -2.08. The molecule has 6 heteroatoms. The van der Waals surface area contributed by atoms with Gasteiger partial charge in [-0.15, -0.1) is 11.3 Å². The largest absolute Gasteiger partial charge is 0.334 e. The Morgan fingerprint density at radius 2 is 1.64 bits per heavy atom. The van der Waals surface area contributed by atoms with Gasteiger partial charge < -0.3 is 10.6 Å². The van der Waals surface area contributed by atoms with E-state index in [4.69, 9.17) is 0 Å². The molecule has 0 radical (unpaired) electrons. The fourth-order valence-electron chi connectivity index (χ4n) is 2.70. The molecule has 5 nitrogen and oxygen atoms in total. The molecular weight excluding hydrogens is 368 g/mol. The first-order valence-corrected chi connectivity index (χ1v) is 9.65. The molecule has 4 aromatic rings. The maximum atomic E-state index is 12.1. The number of urea groups is 1. The molecule has 0 atom stereocenters. The third-order valence-corrected chi connectivity index (χ3v) is 5.25. The quantitative estimate of drug-likeness (QED) is 0.496. The van der Waals surface area contributed by atoms with Crippen molar-refractivity contribution in [2.45, 2.75) is 6.54 Å². The highest BCUT2D eigenvalue weighted by atomic mass is 32.1. The smallest absolute Gasteiger partial charge is 0.319 e. The van der Waals surface area contributed by atoms with Gasteiger partial charge in [0, 0.05) is 36.4 Å². The van der Waals surface area contributed by atoms with Gasteiger partial charge in [0.15, 0.2) is 0 Å². The maximum Gasteiger partial charge on any atom is 0.319 e. The molecule has 0 saturated heterocycles. The predicted molar refractivity (Wildman–Crippen MR) is 113 cm³/mol. The summed E-state index contributed by atoms with van der Waals surface area (Å²) in [7, 11) is 0. The van der Waals surface area contributed by atoms with Crippen LogP contribution in [0.4, 0.5) is 10.5 Å². The van der Waals surface area contributed by atoms with E-state index in [0.717, 1.165) is 32.3 Å². The molecule has 2 N–H and O–H groups in total. The molecule has 0 fully saturated rings. The zero-order chi connectivity index (χ0) is 19.2. The van der Waals surface area contributed by atoms with Gasteiger partial charge in [-0.3, -0.25) is 4.98 Å². The zero-order valence-electron chi connectivity index (χ0n) is 15.0. The molecular formula is C22H18N4OS. The molecule has 2 aromatic heterocycles. The van der Waals surface area contributed by atoms with Gasteiger partial charge in [0.05, 0.1) is 4.88 Å². The monoisotopic (exact) mass is 386 g/mol. The van der Waals surface area contributed by atoms with Gasteiger partial charge in [0.25, 0.3) is 0 Å². The van der Waals surface area contributed by atoms with E-state index in [2.05, 4.69) is 32.7 Å². The van der Waals surface area contributed by atoms with Crippen LogP contribution in [0.5, 0.6) is 0 Å². The number of nitrogens with zero attached hydrogens (tertiary/aromatic N) is 2. The number of nitrogens with one attached hydrogen (secondary N) is 2. The van der Waals surface area contributed by atoms with E-state index in [9.17, 15) is 4.79 Å². The van der Waals surface area contributed by atoms with Crippen LogP contribution in [-0.2, 0) is 6.54 Å². The lowest BCUT2D eigenvalue weighted by molar-refractivity contribution is 0.251. The number of carbonyl (C=O) groups is 1. The fraction of sp³-hybridized carbons (Fsp3) is 0.0455. The molecule has 0 unspecified atom stereocenters. The first-order chi connectivity index (χ1) is 13.8. The van der Waals surface area contributed by atoms with Crippen LogP contribution in [0.3, 0.4) is 0 Å². The van der Waals surface area contributed by atoms with Gasteiger partial charge in [-0.05, 0) is 47.5 Å². The molecule has 2 amide bonds. The van der Waals surface area contributed by atoms with E-state index in [0.29, 0.717) is 6.54 Å². The van der Waals surface area contributed by atoms with E-state index in [1.54, 1.807) is 23.7 Å². The van der Waals surface area contributed by atoms with Crippen LogP contribution in [-0.4, -0.2) is 16.0 Å². The van der Waals surface area contributed by atoms with Crippen molar-refractivity contribution in [2.75, 3.05) is 5.32 Å². The summed E-state index contributed by atoms with van der Waals surface area (Å²) in [5.41, 5.74) is 3.92. The molecule has 0 spiro atoms. The molecule has 2 aromatic carbocycles. The number of hydrogen-bond acceptors (Lipinski definition) is 4. The van der Waals surface area contributed by atoms with Gasteiger partial charge in [-0.1, -0.05) is 30.3 Å². The average molecular weight is 386 g/mol. The predicted octanol–water partition coefficient (Wildman–Crippen LogP) is 5.19. The van der Waals surface area contributed by atoms with Gasteiger partial charge in [-0.2, -0.15) is 0 Å². The van der Waals surface area contributed by atoms with Gasteiger partial charge in [0.2, 0.25) is 0 Å². The van der Waals surface area contributed by atoms with Crippen LogP contribution < -0.4 is 10.6 Å². The minimum Gasteiger partial charge on any atom is -0.334 e. The Hall–Kier alpha value is -3.51. The number of anilines is 1.